The molecule has 102 valence electrons. The van der Waals surface area contributed by atoms with E-state index in [1.54, 1.807) is 18.4 Å². The topological polar surface area (TPSA) is 31.4 Å². The largest absolute Gasteiger partial charge is 0.493 e. The summed E-state index contributed by atoms with van der Waals surface area (Å²) in [5, 5.41) is 1.04. The van der Waals surface area contributed by atoms with Crippen LogP contribution in [-0.4, -0.2) is 12.1 Å². The number of rotatable bonds is 4. The normalized spacial score (nSPS) is 10.7. The minimum atomic E-state index is 0.520. The number of methoxy groups -OCH3 is 1. The standard InChI is InChI=1S/C16H15NO2S/c1-11-17-13-8-15(14(18-2)9-16(13)20-11)19-10-12-6-4-3-5-7-12/h3-9H,10H2,1-2H3. The average molecular weight is 285 g/mol. The Labute approximate surface area is 121 Å². The third-order valence-corrected chi connectivity index (χ3v) is 3.95. The van der Waals surface area contributed by atoms with Crippen molar-refractivity contribution >= 4 is 21.6 Å². The van der Waals surface area contributed by atoms with Crippen LogP contribution >= 0.6 is 11.3 Å². The molecule has 3 aromatic rings. The maximum atomic E-state index is 5.87. The highest BCUT2D eigenvalue weighted by Gasteiger charge is 2.10. The maximum Gasteiger partial charge on any atom is 0.163 e. The molecule has 1 heterocycles. The van der Waals surface area contributed by atoms with E-state index in [1.165, 1.54) is 0 Å². The molecule has 4 heteroatoms. The van der Waals surface area contributed by atoms with E-state index in [2.05, 4.69) is 4.98 Å². The Balaban J connectivity index is 1.89. The fourth-order valence-electron chi connectivity index (χ4n) is 2.06. The van der Waals surface area contributed by atoms with Gasteiger partial charge in [-0.25, -0.2) is 4.98 Å². The average Bonchev–Trinajstić information content (AvgIpc) is 2.84. The number of ether oxygens (including phenoxy) is 2. The Kier molecular flexibility index (Phi) is 3.56. The molecule has 3 nitrogen and oxygen atoms in total. The van der Waals surface area contributed by atoms with Gasteiger partial charge < -0.3 is 9.47 Å². The highest BCUT2D eigenvalue weighted by Crippen LogP contribution is 2.35. The minimum absolute atomic E-state index is 0.520. The summed E-state index contributed by atoms with van der Waals surface area (Å²) in [6.07, 6.45) is 0. The zero-order valence-corrected chi connectivity index (χ0v) is 12.2. The van der Waals surface area contributed by atoms with Crippen molar-refractivity contribution in [2.45, 2.75) is 13.5 Å². The number of benzene rings is 2. The number of aromatic nitrogens is 1. The first-order valence-corrected chi connectivity index (χ1v) is 7.20. The van der Waals surface area contributed by atoms with Crippen molar-refractivity contribution < 1.29 is 9.47 Å². The first kappa shape index (κ1) is 12.9. The van der Waals surface area contributed by atoms with Crippen LogP contribution in [0.2, 0.25) is 0 Å². The fourth-order valence-corrected chi connectivity index (χ4v) is 2.90. The van der Waals surface area contributed by atoms with Gasteiger partial charge in [-0.1, -0.05) is 30.3 Å². The number of thiazole rings is 1. The van der Waals surface area contributed by atoms with Crippen LogP contribution in [-0.2, 0) is 6.61 Å². The van der Waals surface area contributed by atoms with Crippen LogP contribution in [0.15, 0.2) is 42.5 Å². The van der Waals surface area contributed by atoms with Crippen molar-refractivity contribution in [2.24, 2.45) is 0 Å². The summed E-state index contributed by atoms with van der Waals surface area (Å²) in [5.41, 5.74) is 2.08. The molecule has 0 atom stereocenters. The molecule has 0 bridgehead atoms. The molecule has 0 aliphatic heterocycles. The lowest BCUT2D eigenvalue weighted by atomic mass is 10.2. The lowest BCUT2D eigenvalue weighted by Crippen LogP contribution is -1.97. The van der Waals surface area contributed by atoms with Crippen LogP contribution in [0, 0.1) is 6.92 Å². The molecule has 0 radical (unpaired) electrons. The van der Waals surface area contributed by atoms with E-state index >= 15 is 0 Å². The van der Waals surface area contributed by atoms with Gasteiger partial charge in [0.15, 0.2) is 11.5 Å². The minimum Gasteiger partial charge on any atom is -0.493 e. The molecule has 3 rings (SSSR count). The van der Waals surface area contributed by atoms with E-state index in [1.807, 2.05) is 49.4 Å². The molecule has 0 spiro atoms. The van der Waals surface area contributed by atoms with E-state index in [4.69, 9.17) is 9.47 Å². The molecule has 2 aromatic carbocycles. The lowest BCUT2D eigenvalue weighted by molar-refractivity contribution is 0.285. The fraction of sp³-hybridized carbons (Fsp3) is 0.188. The number of aryl methyl sites for hydroxylation is 1. The molecular weight excluding hydrogens is 270 g/mol. The Morgan fingerprint density at radius 3 is 2.65 bits per heavy atom. The van der Waals surface area contributed by atoms with E-state index in [0.29, 0.717) is 6.61 Å². The van der Waals surface area contributed by atoms with Gasteiger partial charge in [0.1, 0.15) is 6.61 Å². The number of nitrogens with zero attached hydrogens (tertiary/aromatic N) is 1. The summed E-state index contributed by atoms with van der Waals surface area (Å²) >= 11 is 1.66. The second-order valence-electron chi connectivity index (χ2n) is 4.48. The quantitative estimate of drug-likeness (QED) is 0.720. The molecule has 1 aromatic heterocycles. The van der Waals surface area contributed by atoms with E-state index in [-0.39, 0.29) is 0 Å². The number of hydrogen-bond donors (Lipinski definition) is 0. The number of hydrogen-bond acceptors (Lipinski definition) is 4. The van der Waals surface area contributed by atoms with Gasteiger partial charge in [0, 0.05) is 12.1 Å². The van der Waals surface area contributed by atoms with Crippen molar-refractivity contribution in [3.8, 4) is 11.5 Å². The van der Waals surface area contributed by atoms with Gasteiger partial charge in [0.05, 0.1) is 22.3 Å². The zero-order chi connectivity index (χ0) is 13.9. The van der Waals surface area contributed by atoms with Crippen molar-refractivity contribution in [1.82, 2.24) is 4.98 Å². The summed E-state index contributed by atoms with van der Waals surface area (Å²) in [4.78, 5) is 4.49. The van der Waals surface area contributed by atoms with Gasteiger partial charge in [-0.2, -0.15) is 0 Å². The summed E-state index contributed by atoms with van der Waals surface area (Å²) in [6.45, 7) is 2.52. The van der Waals surface area contributed by atoms with E-state index < -0.39 is 0 Å². The molecule has 0 fully saturated rings. The summed E-state index contributed by atoms with van der Waals surface area (Å²) in [5.74, 6) is 1.48. The van der Waals surface area contributed by atoms with Crippen LogP contribution in [0.25, 0.3) is 10.2 Å². The predicted molar refractivity (Wildman–Crippen MR) is 81.7 cm³/mol. The van der Waals surface area contributed by atoms with Gasteiger partial charge in [-0.3, -0.25) is 0 Å². The third-order valence-electron chi connectivity index (χ3n) is 3.02. The molecular formula is C16H15NO2S. The van der Waals surface area contributed by atoms with Crippen molar-refractivity contribution in [2.75, 3.05) is 7.11 Å². The summed E-state index contributed by atoms with van der Waals surface area (Å²) < 4.78 is 12.4. The van der Waals surface area contributed by atoms with Crippen molar-refractivity contribution in [1.29, 1.82) is 0 Å². The number of fused-ring (bicyclic) bond motifs is 1. The monoisotopic (exact) mass is 285 g/mol. The second kappa shape index (κ2) is 5.51. The molecule has 20 heavy (non-hydrogen) atoms. The molecule has 0 saturated carbocycles. The van der Waals surface area contributed by atoms with Gasteiger partial charge >= 0.3 is 0 Å². The maximum absolute atomic E-state index is 5.87. The van der Waals surface area contributed by atoms with E-state index in [0.717, 1.165) is 32.3 Å². The summed E-state index contributed by atoms with van der Waals surface area (Å²) in [7, 11) is 1.66. The molecule has 0 aliphatic carbocycles. The first-order valence-electron chi connectivity index (χ1n) is 6.38. The SMILES string of the molecule is COc1cc2sc(C)nc2cc1OCc1ccccc1. The zero-order valence-electron chi connectivity index (χ0n) is 11.4. The van der Waals surface area contributed by atoms with Gasteiger partial charge in [-0.15, -0.1) is 11.3 Å². The highest BCUT2D eigenvalue weighted by molar-refractivity contribution is 7.18. The predicted octanol–water partition coefficient (Wildman–Crippen LogP) is 4.19. The van der Waals surface area contributed by atoms with Crippen LogP contribution in [0.5, 0.6) is 11.5 Å². The first-order chi connectivity index (χ1) is 9.76. The van der Waals surface area contributed by atoms with Crippen molar-refractivity contribution in [3.63, 3.8) is 0 Å². The van der Waals surface area contributed by atoms with Crippen LogP contribution in [0.1, 0.15) is 10.6 Å². The van der Waals surface area contributed by atoms with E-state index in [9.17, 15) is 0 Å². The Morgan fingerprint density at radius 1 is 1.10 bits per heavy atom. The molecule has 0 saturated heterocycles. The van der Waals surface area contributed by atoms with Crippen LogP contribution in [0.4, 0.5) is 0 Å². The van der Waals surface area contributed by atoms with Gasteiger partial charge in [0.25, 0.3) is 0 Å². The Hall–Kier alpha value is -2.07. The van der Waals surface area contributed by atoms with Crippen LogP contribution < -0.4 is 9.47 Å². The Morgan fingerprint density at radius 2 is 1.90 bits per heavy atom. The lowest BCUT2D eigenvalue weighted by Gasteiger charge is -2.10. The van der Waals surface area contributed by atoms with Gasteiger partial charge in [0.2, 0.25) is 0 Å². The van der Waals surface area contributed by atoms with Crippen molar-refractivity contribution in [3.05, 3.63) is 53.0 Å². The molecule has 0 aliphatic rings. The Bertz CT molecular complexity index is 722. The van der Waals surface area contributed by atoms with Gasteiger partial charge in [-0.05, 0) is 12.5 Å². The molecule has 0 N–H and O–H groups in total. The smallest absolute Gasteiger partial charge is 0.163 e. The summed E-state index contributed by atoms with van der Waals surface area (Å²) in [6, 6.07) is 14.0. The van der Waals surface area contributed by atoms with Crippen LogP contribution in [0.3, 0.4) is 0 Å². The molecule has 0 unspecified atom stereocenters. The second-order valence-corrected chi connectivity index (χ2v) is 5.71. The third kappa shape index (κ3) is 2.60. The highest BCUT2D eigenvalue weighted by atomic mass is 32.1. The molecule has 0 amide bonds.